The van der Waals surface area contributed by atoms with Crippen molar-refractivity contribution in [2.75, 3.05) is 18.6 Å². The maximum atomic E-state index is 13.4. The number of aliphatic hydroxyl groups excluding tert-OH is 1. The Balaban J connectivity index is 1.40. The van der Waals surface area contributed by atoms with E-state index in [0.717, 1.165) is 36.1 Å². The first kappa shape index (κ1) is 27.4. The summed E-state index contributed by atoms with van der Waals surface area (Å²) in [4.78, 5) is 40.5. The Bertz CT molecular complexity index is 1310. The number of rotatable bonds is 10. The quantitative estimate of drug-likeness (QED) is 0.145. The Morgan fingerprint density at radius 3 is 2.74 bits per heavy atom. The number of carbonyl (C=O) groups is 3. The third kappa shape index (κ3) is 5.33. The van der Waals surface area contributed by atoms with Crippen molar-refractivity contribution in [3.05, 3.63) is 64.1 Å². The van der Waals surface area contributed by atoms with Crippen molar-refractivity contribution in [1.29, 1.82) is 0 Å². The summed E-state index contributed by atoms with van der Waals surface area (Å²) in [5, 5.41) is 9.43. The van der Waals surface area contributed by atoms with Crippen LogP contribution >= 0.6 is 24.0 Å². The van der Waals surface area contributed by atoms with E-state index < -0.39 is 12.0 Å². The van der Waals surface area contributed by atoms with Gasteiger partial charge in [0.05, 0.1) is 25.2 Å². The van der Waals surface area contributed by atoms with E-state index in [4.69, 9.17) is 21.7 Å². The van der Waals surface area contributed by atoms with E-state index in [0.29, 0.717) is 34.1 Å². The third-order valence-corrected chi connectivity index (χ3v) is 8.96. The van der Waals surface area contributed by atoms with Gasteiger partial charge in [0.25, 0.3) is 12.4 Å². The minimum atomic E-state index is -0.881. The number of hydrogen-bond acceptors (Lipinski definition) is 9. The lowest BCUT2D eigenvalue weighted by molar-refractivity contribution is -0.148. The third-order valence-electron chi connectivity index (χ3n) is 7.63. The largest absolute Gasteiger partial charge is 0.468 e. The van der Waals surface area contributed by atoms with Crippen LogP contribution in [0, 0.1) is 0 Å². The molecular formula is C29H30N2O6S2. The standard InChI is InChI=1S/C29H30N2O6S2/c1-36-28(35)25(6-3-13-37-17-33)31-27(34)26(39-29(31)38)15-19-9-12-24-22(14-19)21-4-2-5-23(21)30(24)20-10-7-18(16-32)8-11-20/h7-12,14-15,17,21,23,25,32H,2-6,13,16H2,1H3/b26-15+. The van der Waals surface area contributed by atoms with E-state index >= 15 is 0 Å². The van der Waals surface area contributed by atoms with Gasteiger partial charge in [0.1, 0.15) is 10.4 Å². The number of methoxy groups -OCH3 is 1. The molecule has 8 nitrogen and oxygen atoms in total. The number of amides is 1. The fourth-order valence-corrected chi connectivity index (χ4v) is 7.22. The van der Waals surface area contributed by atoms with Gasteiger partial charge in [-0.2, -0.15) is 0 Å². The molecule has 2 heterocycles. The van der Waals surface area contributed by atoms with Gasteiger partial charge in [-0.15, -0.1) is 0 Å². The van der Waals surface area contributed by atoms with Gasteiger partial charge < -0.3 is 19.5 Å². The van der Waals surface area contributed by atoms with E-state index in [9.17, 15) is 19.5 Å². The summed E-state index contributed by atoms with van der Waals surface area (Å²) in [6.07, 6.45) is 5.88. The zero-order valence-corrected chi connectivity index (χ0v) is 23.2. The van der Waals surface area contributed by atoms with Gasteiger partial charge in [-0.25, -0.2) is 4.79 Å². The average Bonchev–Trinajstić information content (AvgIpc) is 3.62. The number of nitrogens with zero attached hydrogens (tertiary/aromatic N) is 2. The topological polar surface area (TPSA) is 96.4 Å². The van der Waals surface area contributed by atoms with Crippen LogP contribution in [0.15, 0.2) is 47.4 Å². The lowest BCUT2D eigenvalue weighted by atomic mass is 9.96. The number of esters is 1. The Morgan fingerprint density at radius 2 is 2.03 bits per heavy atom. The zero-order valence-electron chi connectivity index (χ0n) is 21.6. The molecule has 2 aromatic rings. The molecule has 204 valence electrons. The highest BCUT2D eigenvalue weighted by Gasteiger charge is 2.43. The summed E-state index contributed by atoms with van der Waals surface area (Å²) in [5.41, 5.74) is 5.36. The van der Waals surface area contributed by atoms with Crippen molar-refractivity contribution >= 4 is 64.1 Å². The molecule has 2 aromatic carbocycles. The van der Waals surface area contributed by atoms with Crippen molar-refractivity contribution in [2.24, 2.45) is 0 Å². The van der Waals surface area contributed by atoms with Crippen molar-refractivity contribution in [1.82, 2.24) is 4.90 Å². The predicted octanol–water partition coefficient (Wildman–Crippen LogP) is 4.66. The maximum Gasteiger partial charge on any atom is 0.329 e. The molecule has 0 bridgehead atoms. The smallest absolute Gasteiger partial charge is 0.329 e. The number of benzene rings is 2. The van der Waals surface area contributed by atoms with Crippen LogP contribution in [0.2, 0.25) is 0 Å². The van der Waals surface area contributed by atoms with E-state index in [1.807, 2.05) is 24.3 Å². The highest BCUT2D eigenvalue weighted by Crippen LogP contribution is 2.52. The highest BCUT2D eigenvalue weighted by molar-refractivity contribution is 8.26. The molecule has 5 rings (SSSR count). The molecule has 2 fully saturated rings. The SMILES string of the molecule is COC(=O)C(CCCOC=O)N1C(=O)/C(=C\c2ccc3c(c2)C2CCCC2N3c2ccc(CO)cc2)SC1=S. The van der Waals surface area contributed by atoms with Crippen molar-refractivity contribution in [2.45, 2.75) is 56.7 Å². The van der Waals surface area contributed by atoms with E-state index in [1.165, 1.54) is 35.0 Å². The van der Waals surface area contributed by atoms with Gasteiger partial charge >= 0.3 is 5.97 Å². The first-order valence-electron chi connectivity index (χ1n) is 13.0. The number of thiocarbonyl (C=S) groups is 1. The van der Waals surface area contributed by atoms with Crippen LogP contribution in [0.3, 0.4) is 0 Å². The van der Waals surface area contributed by atoms with Gasteiger partial charge in [-0.3, -0.25) is 14.5 Å². The van der Waals surface area contributed by atoms with Crippen LogP contribution in [-0.4, -0.2) is 58.5 Å². The lowest BCUT2D eigenvalue weighted by Crippen LogP contribution is -2.44. The van der Waals surface area contributed by atoms with Crippen molar-refractivity contribution in [3.63, 3.8) is 0 Å². The summed E-state index contributed by atoms with van der Waals surface area (Å²) in [7, 11) is 1.27. The van der Waals surface area contributed by atoms with Crippen LogP contribution in [-0.2, 0) is 30.5 Å². The Morgan fingerprint density at radius 1 is 1.23 bits per heavy atom. The van der Waals surface area contributed by atoms with E-state index in [2.05, 4.69) is 29.2 Å². The molecule has 1 amide bonds. The number of hydrogen-bond donors (Lipinski definition) is 1. The molecule has 3 unspecified atom stereocenters. The second kappa shape index (κ2) is 11.9. The van der Waals surface area contributed by atoms with Crippen LogP contribution in [0.25, 0.3) is 6.08 Å². The van der Waals surface area contributed by atoms with E-state index in [-0.39, 0.29) is 25.5 Å². The van der Waals surface area contributed by atoms with Crippen LogP contribution in [0.4, 0.5) is 11.4 Å². The monoisotopic (exact) mass is 566 g/mol. The summed E-state index contributed by atoms with van der Waals surface area (Å²) in [5.74, 6) is -0.477. The Labute approximate surface area is 236 Å². The molecule has 0 radical (unpaired) electrons. The second-order valence-corrected chi connectivity index (χ2v) is 11.5. The number of anilines is 2. The summed E-state index contributed by atoms with van der Waals surface area (Å²) in [6.45, 7) is 0.515. The molecule has 2 aliphatic heterocycles. The fourth-order valence-electron chi connectivity index (χ4n) is 5.86. The number of thioether (sulfide) groups is 1. The molecular weight excluding hydrogens is 536 g/mol. The molecule has 3 atom stereocenters. The first-order chi connectivity index (χ1) is 19.0. The molecule has 0 aromatic heterocycles. The van der Waals surface area contributed by atoms with Crippen molar-refractivity contribution < 1.29 is 29.0 Å². The second-order valence-electron chi connectivity index (χ2n) is 9.82. The van der Waals surface area contributed by atoms with Crippen LogP contribution in [0.1, 0.15) is 54.7 Å². The Kier molecular flexibility index (Phi) is 8.34. The van der Waals surface area contributed by atoms with E-state index in [1.54, 1.807) is 0 Å². The minimum Gasteiger partial charge on any atom is -0.468 e. The highest BCUT2D eigenvalue weighted by atomic mass is 32.2. The van der Waals surface area contributed by atoms with Gasteiger partial charge in [-0.05, 0) is 72.7 Å². The average molecular weight is 567 g/mol. The normalized spacial score (nSPS) is 21.7. The molecule has 3 aliphatic rings. The number of carbonyl (C=O) groups excluding carboxylic acids is 3. The number of ether oxygens (including phenoxy) is 2. The predicted molar refractivity (Wildman–Crippen MR) is 153 cm³/mol. The summed E-state index contributed by atoms with van der Waals surface area (Å²) >= 11 is 6.67. The fraction of sp³-hybridized carbons (Fsp3) is 0.379. The molecule has 1 saturated heterocycles. The number of aliphatic hydroxyl groups is 1. The lowest BCUT2D eigenvalue weighted by Gasteiger charge is -2.27. The summed E-state index contributed by atoms with van der Waals surface area (Å²) in [6, 6.07) is 13.9. The molecule has 1 N–H and O–H groups in total. The molecule has 1 saturated carbocycles. The van der Waals surface area contributed by atoms with Gasteiger partial charge in [0.15, 0.2) is 0 Å². The summed E-state index contributed by atoms with van der Waals surface area (Å²) < 4.78 is 9.96. The van der Waals surface area contributed by atoms with Gasteiger partial charge in [0.2, 0.25) is 0 Å². The van der Waals surface area contributed by atoms with Gasteiger partial charge in [-0.1, -0.05) is 48.6 Å². The molecule has 1 aliphatic carbocycles. The zero-order chi connectivity index (χ0) is 27.5. The van der Waals surface area contributed by atoms with Crippen LogP contribution < -0.4 is 4.90 Å². The molecule has 10 heteroatoms. The molecule has 0 spiro atoms. The maximum absolute atomic E-state index is 13.4. The van der Waals surface area contributed by atoms with Gasteiger partial charge in [0, 0.05) is 23.3 Å². The number of fused-ring (bicyclic) bond motifs is 3. The first-order valence-corrected chi connectivity index (χ1v) is 14.2. The minimum absolute atomic E-state index is 0.0213. The Hall–Kier alpha value is -3.21. The van der Waals surface area contributed by atoms with Crippen molar-refractivity contribution in [3.8, 4) is 0 Å². The van der Waals surface area contributed by atoms with Crippen LogP contribution in [0.5, 0.6) is 0 Å². The molecule has 39 heavy (non-hydrogen) atoms.